The lowest BCUT2D eigenvalue weighted by atomic mass is 10.3. The Bertz CT molecular complexity index is 391. The lowest BCUT2D eigenvalue weighted by Gasteiger charge is -2.03. The molecule has 1 aromatic carbocycles. The number of anilines is 1. The number of benzene rings is 1. The number of hydrogen-bond donors (Lipinski definition) is 2. The number of nitro groups is 1. The zero-order valence-electron chi connectivity index (χ0n) is 9.30. The zero-order chi connectivity index (χ0) is 12.7. The van der Waals surface area contributed by atoms with Crippen molar-refractivity contribution in [3.63, 3.8) is 0 Å². The van der Waals surface area contributed by atoms with Crippen LogP contribution in [0.3, 0.4) is 0 Å². The summed E-state index contributed by atoms with van der Waals surface area (Å²) in [5.74, 6) is -0.402. The summed E-state index contributed by atoms with van der Waals surface area (Å²) in [5.41, 5.74) is 3.28. The number of rotatable bonds is 6. The Hall–Kier alpha value is -2.15. The number of non-ortho nitro benzene ring substituents is 1. The van der Waals surface area contributed by atoms with Gasteiger partial charge >= 0.3 is 5.97 Å². The number of nitrogens with zero attached hydrogens (tertiary/aromatic N) is 1. The largest absolute Gasteiger partial charge is 0.594 e. The van der Waals surface area contributed by atoms with Gasteiger partial charge in [0.2, 0.25) is 0 Å². The van der Waals surface area contributed by atoms with E-state index < -0.39 is 10.9 Å². The van der Waals surface area contributed by atoms with E-state index in [1.54, 1.807) is 12.1 Å². The minimum Gasteiger partial charge on any atom is -0.384 e. The predicted octanol–water partition coefficient (Wildman–Crippen LogP) is 1.07. The van der Waals surface area contributed by atoms with Crippen LogP contribution < -0.4 is 10.8 Å². The number of carbonyl (C=O) groups excluding carboxylic acids is 1. The highest BCUT2D eigenvalue weighted by atomic mass is 16.7. The van der Waals surface area contributed by atoms with Crippen molar-refractivity contribution in [2.24, 2.45) is 0 Å². The van der Waals surface area contributed by atoms with E-state index >= 15 is 0 Å². The maximum Gasteiger partial charge on any atom is 0.594 e. The first-order valence-corrected chi connectivity index (χ1v) is 4.98. The van der Waals surface area contributed by atoms with Crippen molar-refractivity contribution < 1.29 is 14.6 Å². The first-order chi connectivity index (χ1) is 8.09. The van der Waals surface area contributed by atoms with Crippen LogP contribution in [0.2, 0.25) is 0 Å². The van der Waals surface area contributed by atoms with Crippen LogP contribution in [0.15, 0.2) is 24.3 Å². The zero-order valence-corrected chi connectivity index (χ0v) is 9.30. The fourth-order valence-corrected chi connectivity index (χ4v) is 1.11. The van der Waals surface area contributed by atoms with E-state index in [0.717, 1.165) is 5.69 Å². The average molecular weight is 239 g/mol. The lowest BCUT2D eigenvalue weighted by Crippen LogP contribution is -2.24. The topological polar surface area (TPSA) is 96.3 Å². The first-order valence-electron chi connectivity index (χ1n) is 4.98. The third-order valence-corrected chi connectivity index (χ3v) is 1.85. The van der Waals surface area contributed by atoms with Crippen molar-refractivity contribution in [1.29, 1.82) is 0 Å². The Morgan fingerprint density at radius 2 is 2.06 bits per heavy atom. The summed E-state index contributed by atoms with van der Waals surface area (Å²) in [5, 5.41) is 13.4. The van der Waals surface area contributed by atoms with Gasteiger partial charge in [-0.15, -0.1) is 0 Å². The fraction of sp³-hybridized carbons (Fsp3) is 0.300. The molecule has 91 valence electrons. The average Bonchev–Trinajstić information content (AvgIpc) is 2.29. The first kappa shape index (κ1) is 12.9. The van der Waals surface area contributed by atoms with E-state index in [2.05, 4.69) is 15.6 Å². The van der Waals surface area contributed by atoms with Crippen molar-refractivity contribution >= 4 is 17.3 Å². The number of nitro benzene ring substituents is 1. The second kappa shape index (κ2) is 6.44. The minimum atomic E-state index is -0.452. The van der Waals surface area contributed by atoms with Crippen LogP contribution >= 0.6 is 0 Å². The molecule has 7 nitrogen and oxygen atoms in total. The second-order valence-electron chi connectivity index (χ2n) is 3.22. The van der Waals surface area contributed by atoms with Gasteiger partial charge in [0.25, 0.3) is 5.69 Å². The smallest absolute Gasteiger partial charge is 0.384 e. The second-order valence-corrected chi connectivity index (χ2v) is 3.22. The van der Waals surface area contributed by atoms with Crippen molar-refractivity contribution in [2.45, 2.75) is 6.92 Å². The number of nitrogens with one attached hydrogen (secondary N) is 2. The van der Waals surface area contributed by atoms with Crippen LogP contribution in [-0.4, -0.2) is 24.0 Å². The SMILES string of the molecule is CC(=[O+])ONCCNc1ccc([N+](=O)[O-])cc1. The number of carbonyl (C=O) groups is 1. The molecule has 7 heteroatoms. The Kier molecular flexibility index (Phi) is 4.89. The molecule has 0 aliphatic heterocycles. The Morgan fingerprint density at radius 3 is 2.59 bits per heavy atom. The normalized spacial score (nSPS) is 9.71. The van der Waals surface area contributed by atoms with E-state index in [9.17, 15) is 14.9 Å². The van der Waals surface area contributed by atoms with Crippen molar-refractivity contribution in [1.82, 2.24) is 5.48 Å². The molecule has 17 heavy (non-hydrogen) atoms. The highest BCUT2D eigenvalue weighted by molar-refractivity contribution is 5.65. The molecule has 2 N–H and O–H groups in total. The van der Waals surface area contributed by atoms with E-state index in [4.69, 9.17) is 0 Å². The molecule has 0 bridgehead atoms. The molecule has 1 aromatic rings. The molecule has 0 aromatic heterocycles. The molecule has 0 heterocycles. The van der Waals surface area contributed by atoms with Crippen LogP contribution in [0.5, 0.6) is 0 Å². The van der Waals surface area contributed by atoms with Gasteiger partial charge in [0.15, 0.2) is 0 Å². The minimum absolute atomic E-state index is 0.0496. The predicted molar refractivity (Wildman–Crippen MR) is 61.4 cm³/mol. The summed E-state index contributed by atoms with van der Waals surface area (Å²) >= 11 is 0. The molecule has 0 spiro atoms. The molecule has 0 saturated carbocycles. The Balaban J connectivity index is 2.27. The molecular weight excluding hydrogens is 226 g/mol. The highest BCUT2D eigenvalue weighted by Crippen LogP contribution is 2.14. The summed E-state index contributed by atoms with van der Waals surface area (Å²) in [6, 6.07) is 6.07. The van der Waals surface area contributed by atoms with Gasteiger partial charge < -0.3 is 5.32 Å². The molecule has 0 fully saturated rings. The van der Waals surface area contributed by atoms with E-state index in [0.29, 0.717) is 13.1 Å². The summed E-state index contributed by atoms with van der Waals surface area (Å²) in [6.07, 6.45) is 0. The monoisotopic (exact) mass is 239 g/mol. The fourth-order valence-electron chi connectivity index (χ4n) is 1.11. The third-order valence-electron chi connectivity index (χ3n) is 1.85. The van der Waals surface area contributed by atoms with E-state index in [-0.39, 0.29) is 5.69 Å². The lowest BCUT2D eigenvalue weighted by molar-refractivity contribution is -0.384. The van der Waals surface area contributed by atoms with Gasteiger partial charge in [-0.25, -0.2) is 0 Å². The molecule has 0 unspecified atom stereocenters. The maximum absolute atomic E-state index is 10.4. The highest BCUT2D eigenvalue weighted by Gasteiger charge is 2.06. The molecule has 0 aliphatic carbocycles. The Morgan fingerprint density at radius 1 is 1.41 bits per heavy atom. The van der Waals surface area contributed by atoms with E-state index in [1.165, 1.54) is 19.1 Å². The van der Waals surface area contributed by atoms with Gasteiger partial charge in [0, 0.05) is 24.4 Å². The summed E-state index contributed by atoms with van der Waals surface area (Å²) < 4.78 is 0. The third kappa shape index (κ3) is 4.94. The van der Waals surface area contributed by atoms with Crippen LogP contribution in [0.25, 0.3) is 0 Å². The van der Waals surface area contributed by atoms with Crippen LogP contribution in [0.4, 0.5) is 11.4 Å². The molecule has 0 atom stereocenters. The molecule has 0 amide bonds. The van der Waals surface area contributed by atoms with Crippen molar-refractivity contribution in [3.8, 4) is 0 Å². The van der Waals surface area contributed by atoms with Crippen LogP contribution in [0.1, 0.15) is 6.92 Å². The van der Waals surface area contributed by atoms with Gasteiger partial charge in [-0.3, -0.25) is 10.1 Å². The van der Waals surface area contributed by atoms with Gasteiger partial charge in [-0.2, -0.15) is 4.84 Å². The Labute approximate surface area is 97.9 Å². The quantitative estimate of drug-likeness (QED) is 0.333. The molecule has 1 radical (unpaired) electrons. The molecule has 1 rings (SSSR count). The summed E-state index contributed by atoms with van der Waals surface area (Å²) in [6.45, 7) is 2.28. The summed E-state index contributed by atoms with van der Waals surface area (Å²) in [7, 11) is 0. The van der Waals surface area contributed by atoms with Gasteiger partial charge in [0.1, 0.15) is 6.92 Å². The summed E-state index contributed by atoms with van der Waals surface area (Å²) in [4.78, 5) is 24.9. The van der Waals surface area contributed by atoms with Gasteiger partial charge in [0.05, 0.1) is 16.3 Å². The van der Waals surface area contributed by atoms with Crippen LogP contribution in [0, 0.1) is 10.1 Å². The number of hydroxylamine groups is 1. The van der Waals surface area contributed by atoms with Crippen molar-refractivity contribution in [3.05, 3.63) is 34.4 Å². The number of hydrogen-bond acceptors (Lipinski definition) is 6. The molecular formula is C10H13N3O4+. The maximum atomic E-state index is 10.4. The van der Waals surface area contributed by atoms with Crippen LogP contribution in [-0.2, 0) is 9.63 Å². The van der Waals surface area contributed by atoms with Gasteiger partial charge in [-0.1, -0.05) is 0 Å². The van der Waals surface area contributed by atoms with Gasteiger partial charge in [-0.05, 0) is 17.6 Å². The van der Waals surface area contributed by atoms with Crippen molar-refractivity contribution in [2.75, 3.05) is 18.4 Å². The molecule has 0 saturated heterocycles. The standard InChI is InChI=1S/C10H13N3O4/c1-8(14)17-12-7-6-11-9-2-4-10(5-3-9)13(15)16/h2-5,11-12H,6-7H2,1H3/q+1. The molecule has 0 aliphatic rings. The van der Waals surface area contributed by atoms with E-state index in [1.807, 2.05) is 0 Å².